The second-order valence-corrected chi connectivity index (χ2v) is 4.80. The van der Waals surface area contributed by atoms with Crippen LogP contribution in [0.25, 0.3) is 11.0 Å². The lowest BCUT2D eigenvalue weighted by Gasteiger charge is -2.07. The van der Waals surface area contributed by atoms with Crippen molar-refractivity contribution in [1.82, 2.24) is 9.55 Å². The van der Waals surface area contributed by atoms with Gasteiger partial charge in [0.1, 0.15) is 11.6 Å². The van der Waals surface area contributed by atoms with Crippen molar-refractivity contribution < 1.29 is 9.13 Å². The fourth-order valence-corrected chi connectivity index (χ4v) is 2.31. The van der Waals surface area contributed by atoms with E-state index in [-0.39, 0.29) is 5.82 Å². The van der Waals surface area contributed by atoms with Crippen molar-refractivity contribution in [2.45, 2.75) is 13.0 Å². The highest BCUT2D eigenvalue weighted by Gasteiger charge is 2.03. The van der Waals surface area contributed by atoms with Gasteiger partial charge in [0, 0.05) is 6.54 Å². The Bertz CT molecular complexity index is 789. The third-order valence-corrected chi connectivity index (χ3v) is 3.33. The second kappa shape index (κ2) is 5.83. The summed E-state index contributed by atoms with van der Waals surface area (Å²) in [4.78, 5) is 3.04. The molecule has 108 valence electrons. The largest absolute Gasteiger partial charge is 0.494 e. The normalized spacial score (nSPS) is 10.9. The molecule has 5 heteroatoms. The van der Waals surface area contributed by atoms with E-state index < -0.39 is 0 Å². The first-order valence-corrected chi connectivity index (χ1v) is 6.84. The summed E-state index contributed by atoms with van der Waals surface area (Å²) in [5, 5.41) is 7.95. The van der Waals surface area contributed by atoms with E-state index in [1.54, 1.807) is 12.1 Å². The van der Waals surface area contributed by atoms with E-state index in [2.05, 4.69) is 4.98 Å². The Morgan fingerprint density at radius 1 is 1.10 bits per heavy atom. The zero-order chi connectivity index (χ0) is 14.7. The van der Waals surface area contributed by atoms with E-state index in [4.69, 9.17) is 10.1 Å². The molecule has 0 fully saturated rings. The Hall–Kier alpha value is -2.56. The maximum absolute atomic E-state index is 12.8. The van der Waals surface area contributed by atoms with Crippen LogP contribution in [0.2, 0.25) is 0 Å². The first kappa shape index (κ1) is 13.4. The molecule has 0 aliphatic rings. The average molecular weight is 285 g/mol. The zero-order valence-electron chi connectivity index (χ0n) is 11.5. The number of para-hydroxylation sites is 2. The number of hydrogen-bond donors (Lipinski definition) is 2. The molecule has 0 radical (unpaired) electrons. The molecular formula is C16H16FN3O. The van der Waals surface area contributed by atoms with Gasteiger partial charge in [-0.3, -0.25) is 5.41 Å². The predicted octanol–water partition coefficient (Wildman–Crippen LogP) is 3.06. The van der Waals surface area contributed by atoms with Crippen LogP contribution < -0.4 is 10.4 Å². The topological polar surface area (TPSA) is 53.8 Å². The van der Waals surface area contributed by atoms with Crippen LogP contribution in [-0.4, -0.2) is 16.2 Å². The van der Waals surface area contributed by atoms with Gasteiger partial charge < -0.3 is 14.3 Å². The molecule has 3 aromatic rings. The van der Waals surface area contributed by atoms with Crippen molar-refractivity contribution in [2.24, 2.45) is 0 Å². The van der Waals surface area contributed by atoms with Gasteiger partial charge >= 0.3 is 0 Å². The number of fused-ring (bicyclic) bond motifs is 1. The monoisotopic (exact) mass is 285 g/mol. The van der Waals surface area contributed by atoms with Crippen LogP contribution >= 0.6 is 0 Å². The highest BCUT2D eigenvalue weighted by molar-refractivity contribution is 5.74. The average Bonchev–Trinajstić information content (AvgIpc) is 2.81. The van der Waals surface area contributed by atoms with Gasteiger partial charge in [0.05, 0.1) is 17.6 Å². The molecule has 0 saturated heterocycles. The van der Waals surface area contributed by atoms with Crippen LogP contribution in [0, 0.1) is 11.2 Å². The summed E-state index contributed by atoms with van der Waals surface area (Å²) >= 11 is 0. The van der Waals surface area contributed by atoms with Crippen LogP contribution in [0.4, 0.5) is 4.39 Å². The van der Waals surface area contributed by atoms with Gasteiger partial charge in [0.15, 0.2) is 5.62 Å². The molecule has 0 aliphatic heterocycles. The molecule has 1 heterocycles. The van der Waals surface area contributed by atoms with Crippen LogP contribution in [0.1, 0.15) is 6.42 Å². The number of nitrogens with zero attached hydrogens (tertiary/aromatic N) is 1. The summed E-state index contributed by atoms with van der Waals surface area (Å²) in [6.45, 7) is 1.22. The third kappa shape index (κ3) is 2.97. The Morgan fingerprint density at radius 2 is 1.86 bits per heavy atom. The zero-order valence-corrected chi connectivity index (χ0v) is 11.5. The summed E-state index contributed by atoms with van der Waals surface area (Å²) in [5.41, 5.74) is 2.37. The lowest BCUT2D eigenvalue weighted by atomic mass is 10.3. The molecule has 0 amide bonds. The van der Waals surface area contributed by atoms with Crippen LogP contribution in [0.15, 0.2) is 48.5 Å². The van der Waals surface area contributed by atoms with E-state index >= 15 is 0 Å². The predicted molar refractivity (Wildman–Crippen MR) is 78.7 cm³/mol. The SMILES string of the molecule is N=c1[nH]c2ccccc2n1CCCOc1ccc(F)cc1. The van der Waals surface area contributed by atoms with Gasteiger partial charge in [-0.2, -0.15) is 0 Å². The number of aryl methyl sites for hydroxylation is 1. The second-order valence-electron chi connectivity index (χ2n) is 4.80. The summed E-state index contributed by atoms with van der Waals surface area (Å²) < 4.78 is 20.3. The highest BCUT2D eigenvalue weighted by atomic mass is 19.1. The molecule has 1 aromatic heterocycles. The lowest BCUT2D eigenvalue weighted by Crippen LogP contribution is -2.18. The third-order valence-electron chi connectivity index (χ3n) is 3.33. The number of H-pyrrole nitrogens is 1. The van der Waals surface area contributed by atoms with Gasteiger partial charge in [-0.15, -0.1) is 0 Å². The van der Waals surface area contributed by atoms with Crippen molar-refractivity contribution in [1.29, 1.82) is 5.41 Å². The molecule has 2 aromatic carbocycles. The molecular weight excluding hydrogens is 269 g/mol. The van der Waals surface area contributed by atoms with E-state index in [0.717, 1.165) is 17.5 Å². The molecule has 0 bridgehead atoms. The standard InChI is InChI=1S/C16H16FN3O/c17-12-6-8-13(9-7-12)21-11-3-10-20-15-5-2-1-4-14(15)19-16(20)18/h1-2,4-9H,3,10-11H2,(H2,18,19). The fraction of sp³-hybridized carbons (Fsp3) is 0.188. The van der Waals surface area contributed by atoms with Crippen molar-refractivity contribution in [3.63, 3.8) is 0 Å². The number of imidazole rings is 1. The first-order valence-electron chi connectivity index (χ1n) is 6.84. The maximum atomic E-state index is 12.8. The van der Waals surface area contributed by atoms with Crippen molar-refractivity contribution in [3.8, 4) is 5.75 Å². The van der Waals surface area contributed by atoms with E-state index in [1.807, 2.05) is 28.8 Å². The van der Waals surface area contributed by atoms with Crippen molar-refractivity contribution in [3.05, 3.63) is 60.0 Å². The van der Waals surface area contributed by atoms with Gasteiger partial charge in [-0.05, 0) is 42.8 Å². The van der Waals surface area contributed by atoms with Gasteiger partial charge in [-0.25, -0.2) is 4.39 Å². The minimum Gasteiger partial charge on any atom is -0.494 e. The number of nitrogens with one attached hydrogen (secondary N) is 2. The number of hydrogen-bond acceptors (Lipinski definition) is 2. The van der Waals surface area contributed by atoms with Crippen LogP contribution in [-0.2, 0) is 6.54 Å². The maximum Gasteiger partial charge on any atom is 0.200 e. The molecule has 2 N–H and O–H groups in total. The van der Waals surface area contributed by atoms with E-state index in [1.165, 1.54) is 12.1 Å². The summed E-state index contributed by atoms with van der Waals surface area (Å²) in [5.74, 6) is 0.391. The molecule has 0 atom stereocenters. The minimum absolute atomic E-state index is 0.268. The van der Waals surface area contributed by atoms with Gasteiger partial charge in [-0.1, -0.05) is 12.1 Å². The molecule has 0 unspecified atom stereocenters. The summed E-state index contributed by atoms with van der Waals surface area (Å²) in [6, 6.07) is 13.8. The van der Waals surface area contributed by atoms with Crippen molar-refractivity contribution in [2.75, 3.05) is 6.61 Å². The molecule has 0 spiro atoms. The highest BCUT2D eigenvalue weighted by Crippen LogP contribution is 2.12. The van der Waals surface area contributed by atoms with E-state index in [9.17, 15) is 4.39 Å². The Kier molecular flexibility index (Phi) is 3.73. The lowest BCUT2D eigenvalue weighted by molar-refractivity contribution is 0.301. The van der Waals surface area contributed by atoms with Crippen molar-refractivity contribution >= 4 is 11.0 Å². The number of ether oxygens (including phenoxy) is 1. The van der Waals surface area contributed by atoms with Gasteiger partial charge in [0.2, 0.25) is 0 Å². The molecule has 21 heavy (non-hydrogen) atoms. The Labute approximate surface area is 121 Å². The molecule has 0 aliphatic carbocycles. The number of rotatable bonds is 5. The number of halogens is 1. The van der Waals surface area contributed by atoms with Crippen LogP contribution in [0.5, 0.6) is 5.75 Å². The smallest absolute Gasteiger partial charge is 0.200 e. The van der Waals surface area contributed by atoms with E-state index in [0.29, 0.717) is 24.5 Å². The van der Waals surface area contributed by atoms with Gasteiger partial charge in [0.25, 0.3) is 0 Å². The summed E-state index contributed by atoms with van der Waals surface area (Å²) in [6.07, 6.45) is 0.774. The Morgan fingerprint density at radius 3 is 2.67 bits per heavy atom. The quantitative estimate of drug-likeness (QED) is 0.695. The number of benzene rings is 2. The first-order chi connectivity index (χ1) is 10.2. The molecule has 0 saturated carbocycles. The molecule has 3 rings (SSSR count). The fourth-order valence-electron chi connectivity index (χ4n) is 2.31. The minimum atomic E-state index is -0.268. The number of aromatic amines is 1. The Balaban J connectivity index is 1.61. The number of aromatic nitrogens is 2. The van der Waals surface area contributed by atoms with Crippen LogP contribution in [0.3, 0.4) is 0 Å². The molecule has 4 nitrogen and oxygen atoms in total. The summed E-state index contributed by atoms with van der Waals surface area (Å²) in [7, 11) is 0.